The number of aromatic nitrogens is 2. The average molecular weight is 289 g/mol. The van der Waals surface area contributed by atoms with Crippen molar-refractivity contribution in [2.24, 2.45) is 0 Å². The van der Waals surface area contributed by atoms with E-state index < -0.39 is 10.8 Å². The van der Waals surface area contributed by atoms with Crippen LogP contribution in [0.1, 0.15) is 5.56 Å². The number of hydrogen-bond donors (Lipinski definition) is 0. The highest BCUT2D eigenvalue weighted by Crippen LogP contribution is 2.19. The molecule has 0 bridgehead atoms. The first-order valence-corrected chi connectivity index (χ1v) is 7.16. The summed E-state index contributed by atoms with van der Waals surface area (Å²) in [4.78, 5) is 3.89. The predicted octanol–water partition coefficient (Wildman–Crippen LogP) is 2.51. The van der Waals surface area contributed by atoms with Gasteiger partial charge in [-0.25, -0.2) is 0 Å². The molecule has 0 spiro atoms. The van der Waals surface area contributed by atoms with Crippen molar-refractivity contribution in [3.05, 3.63) is 35.1 Å². The third-order valence-corrected chi connectivity index (χ3v) is 4.65. The molecule has 0 aliphatic heterocycles. The fourth-order valence-electron chi connectivity index (χ4n) is 1.26. The van der Waals surface area contributed by atoms with Gasteiger partial charge >= 0.3 is 0 Å². The maximum Gasteiger partial charge on any atom is 0.235 e. The van der Waals surface area contributed by atoms with Crippen LogP contribution in [0.2, 0.25) is 5.28 Å². The number of ether oxygens (including phenoxy) is 1. The van der Waals surface area contributed by atoms with Crippen LogP contribution in [-0.2, 0) is 16.6 Å². The van der Waals surface area contributed by atoms with Crippen LogP contribution in [0.5, 0.6) is 5.75 Å². The molecule has 1 atom stereocenters. The maximum absolute atomic E-state index is 11.9. The molecule has 0 aliphatic carbocycles. The maximum atomic E-state index is 11.9. The number of hydrogen-bond acceptors (Lipinski definition) is 5. The molecule has 4 nitrogen and oxygen atoms in total. The van der Waals surface area contributed by atoms with Crippen LogP contribution in [-0.4, -0.2) is 20.7 Å². The molecule has 0 amide bonds. The molecule has 0 N–H and O–H groups in total. The lowest BCUT2D eigenvalue weighted by molar-refractivity contribution is 0.414. The molecule has 2 rings (SSSR count). The second kappa shape index (κ2) is 5.57. The number of benzene rings is 1. The highest BCUT2D eigenvalue weighted by Gasteiger charge is 2.11. The minimum atomic E-state index is -1.22. The van der Waals surface area contributed by atoms with E-state index in [2.05, 4.69) is 9.36 Å². The molecule has 17 heavy (non-hydrogen) atoms. The monoisotopic (exact) mass is 288 g/mol. The Balaban J connectivity index is 2.12. The summed E-state index contributed by atoms with van der Waals surface area (Å²) in [6, 6.07) is 7.44. The normalized spacial score (nSPS) is 12.4. The van der Waals surface area contributed by atoms with Gasteiger partial charge in [-0.1, -0.05) is 12.1 Å². The van der Waals surface area contributed by atoms with E-state index in [0.717, 1.165) is 22.8 Å². The van der Waals surface area contributed by atoms with Gasteiger partial charge in [-0.3, -0.25) is 4.21 Å². The van der Waals surface area contributed by atoms with Crippen molar-refractivity contribution >= 4 is 33.9 Å². The summed E-state index contributed by atoms with van der Waals surface area (Å²) in [5, 5.41) is 0.143. The zero-order chi connectivity index (χ0) is 12.3. The molecule has 0 saturated heterocycles. The van der Waals surface area contributed by atoms with Crippen molar-refractivity contribution in [2.75, 3.05) is 7.11 Å². The molecule has 1 aromatic carbocycles. The SMILES string of the molecule is COc1cccc(CS(=O)c2nc(Cl)ns2)c1. The lowest BCUT2D eigenvalue weighted by Crippen LogP contribution is -1.96. The van der Waals surface area contributed by atoms with Gasteiger partial charge in [-0.2, -0.15) is 9.36 Å². The van der Waals surface area contributed by atoms with E-state index in [1.54, 1.807) is 7.11 Å². The van der Waals surface area contributed by atoms with Crippen LogP contribution < -0.4 is 4.74 Å². The second-order valence-corrected chi connectivity index (χ2v) is 5.89. The summed E-state index contributed by atoms with van der Waals surface area (Å²) < 4.78 is 21.3. The fraction of sp³-hybridized carbons (Fsp3) is 0.200. The Morgan fingerprint density at radius 2 is 2.35 bits per heavy atom. The van der Waals surface area contributed by atoms with Gasteiger partial charge in [0.1, 0.15) is 5.75 Å². The summed E-state index contributed by atoms with van der Waals surface area (Å²) in [6.45, 7) is 0. The van der Waals surface area contributed by atoms with Crippen molar-refractivity contribution in [1.82, 2.24) is 9.36 Å². The molecule has 1 aromatic heterocycles. The molecule has 90 valence electrons. The molecular formula is C10H9ClN2O2S2. The van der Waals surface area contributed by atoms with Crippen LogP contribution in [0, 0.1) is 0 Å². The standard InChI is InChI=1S/C10H9ClN2O2S2/c1-15-8-4-2-3-7(5-8)6-17(14)10-12-9(11)13-16-10/h2-5H,6H2,1H3. The van der Waals surface area contributed by atoms with E-state index in [9.17, 15) is 4.21 Å². The summed E-state index contributed by atoms with van der Waals surface area (Å²) in [6.07, 6.45) is 0. The number of rotatable bonds is 4. The van der Waals surface area contributed by atoms with Gasteiger partial charge in [-0.15, -0.1) is 0 Å². The van der Waals surface area contributed by atoms with E-state index >= 15 is 0 Å². The van der Waals surface area contributed by atoms with Gasteiger partial charge in [0.2, 0.25) is 9.62 Å². The van der Waals surface area contributed by atoms with Gasteiger partial charge in [0.25, 0.3) is 0 Å². The predicted molar refractivity (Wildman–Crippen MR) is 68.0 cm³/mol. The molecule has 7 heteroatoms. The van der Waals surface area contributed by atoms with E-state index in [0.29, 0.717) is 10.1 Å². The van der Waals surface area contributed by atoms with Gasteiger partial charge in [0.15, 0.2) is 0 Å². The Morgan fingerprint density at radius 3 is 3.00 bits per heavy atom. The summed E-state index contributed by atoms with van der Waals surface area (Å²) >= 11 is 6.65. The Hall–Kier alpha value is -0.980. The third-order valence-electron chi connectivity index (χ3n) is 2.01. The molecule has 0 fully saturated rings. The molecule has 1 heterocycles. The van der Waals surface area contributed by atoms with E-state index in [1.165, 1.54) is 0 Å². The summed E-state index contributed by atoms with van der Waals surface area (Å²) in [5.74, 6) is 1.12. The first-order chi connectivity index (χ1) is 8.19. The molecule has 0 saturated carbocycles. The van der Waals surface area contributed by atoms with Crippen molar-refractivity contribution in [1.29, 1.82) is 0 Å². The molecule has 2 aromatic rings. The highest BCUT2D eigenvalue weighted by molar-refractivity contribution is 7.86. The van der Waals surface area contributed by atoms with Gasteiger partial charge in [0.05, 0.1) is 23.7 Å². The van der Waals surface area contributed by atoms with Gasteiger partial charge in [0, 0.05) is 0 Å². The molecule has 0 aliphatic rings. The second-order valence-electron chi connectivity index (χ2n) is 3.17. The van der Waals surface area contributed by atoms with E-state index in [-0.39, 0.29) is 5.28 Å². The van der Waals surface area contributed by atoms with Crippen molar-refractivity contribution in [3.8, 4) is 5.75 Å². The number of nitrogens with zero attached hydrogens (tertiary/aromatic N) is 2. The topological polar surface area (TPSA) is 52.1 Å². The van der Waals surface area contributed by atoms with Crippen molar-refractivity contribution < 1.29 is 8.95 Å². The molecule has 1 unspecified atom stereocenters. The van der Waals surface area contributed by atoms with Crippen molar-refractivity contribution in [3.63, 3.8) is 0 Å². The number of methoxy groups -OCH3 is 1. The lowest BCUT2D eigenvalue weighted by atomic mass is 10.2. The minimum absolute atomic E-state index is 0.143. The molecular weight excluding hydrogens is 280 g/mol. The van der Waals surface area contributed by atoms with E-state index in [4.69, 9.17) is 16.3 Å². The first kappa shape index (κ1) is 12.5. The van der Waals surface area contributed by atoms with Crippen LogP contribution >= 0.6 is 23.1 Å². The average Bonchev–Trinajstić information content (AvgIpc) is 2.76. The van der Waals surface area contributed by atoms with Gasteiger partial charge < -0.3 is 4.74 Å². The zero-order valence-corrected chi connectivity index (χ0v) is 11.3. The zero-order valence-electron chi connectivity index (χ0n) is 8.92. The summed E-state index contributed by atoms with van der Waals surface area (Å²) in [7, 11) is 0.379. The minimum Gasteiger partial charge on any atom is -0.497 e. The van der Waals surface area contributed by atoms with Crippen LogP contribution in [0.4, 0.5) is 0 Å². The Kier molecular flexibility index (Phi) is 4.09. The highest BCUT2D eigenvalue weighted by atomic mass is 35.5. The number of halogens is 1. The lowest BCUT2D eigenvalue weighted by Gasteiger charge is -2.02. The van der Waals surface area contributed by atoms with Crippen molar-refractivity contribution in [2.45, 2.75) is 10.1 Å². The Bertz CT molecular complexity index is 545. The van der Waals surface area contributed by atoms with Gasteiger partial charge in [-0.05, 0) is 40.8 Å². The van der Waals surface area contributed by atoms with Crippen LogP contribution in [0.3, 0.4) is 0 Å². The fourth-order valence-corrected chi connectivity index (χ4v) is 3.29. The van der Waals surface area contributed by atoms with Crippen LogP contribution in [0.25, 0.3) is 0 Å². The molecule has 0 radical (unpaired) electrons. The largest absolute Gasteiger partial charge is 0.497 e. The third kappa shape index (κ3) is 3.24. The van der Waals surface area contributed by atoms with Crippen LogP contribution in [0.15, 0.2) is 28.6 Å². The quantitative estimate of drug-likeness (QED) is 0.867. The smallest absolute Gasteiger partial charge is 0.235 e. The Labute approximate surface area is 110 Å². The van der Waals surface area contributed by atoms with E-state index in [1.807, 2.05) is 24.3 Å². The first-order valence-electron chi connectivity index (χ1n) is 4.69. The summed E-state index contributed by atoms with van der Waals surface area (Å²) in [5.41, 5.74) is 0.925. The Morgan fingerprint density at radius 1 is 1.53 bits per heavy atom.